The summed E-state index contributed by atoms with van der Waals surface area (Å²) in [4.78, 5) is 0.446. The Morgan fingerprint density at radius 2 is 1.76 bits per heavy atom. The fourth-order valence-corrected chi connectivity index (χ4v) is 4.21. The van der Waals surface area contributed by atoms with Crippen LogP contribution in [-0.2, 0) is 10.0 Å². The van der Waals surface area contributed by atoms with Gasteiger partial charge in [0.05, 0.1) is 4.90 Å². The first-order valence-corrected chi connectivity index (χ1v) is 7.50. The number of benzene rings is 1. The Balaban J connectivity index is 1.93. The van der Waals surface area contributed by atoms with E-state index < -0.39 is 10.0 Å². The number of rotatable bonds is 2. The van der Waals surface area contributed by atoms with Crippen molar-refractivity contribution in [2.75, 3.05) is 13.1 Å². The van der Waals surface area contributed by atoms with Crippen LogP contribution >= 0.6 is 0 Å². The molecule has 92 valence electrons. The molecular weight excluding hydrogens is 234 g/mol. The molecule has 1 saturated heterocycles. The van der Waals surface area contributed by atoms with E-state index in [9.17, 15) is 8.42 Å². The quantitative estimate of drug-likeness (QED) is 0.805. The molecule has 0 spiro atoms. The van der Waals surface area contributed by atoms with Crippen molar-refractivity contribution in [1.82, 2.24) is 4.31 Å². The molecule has 1 aromatic rings. The average Bonchev–Trinajstić information content (AvgIpc) is 2.89. The molecule has 0 bridgehead atoms. The summed E-state index contributed by atoms with van der Waals surface area (Å²) in [5.41, 5.74) is 2.17. The molecule has 17 heavy (non-hydrogen) atoms. The molecule has 3 rings (SSSR count). The lowest BCUT2D eigenvalue weighted by Gasteiger charge is -2.18. The molecule has 1 aromatic carbocycles. The smallest absolute Gasteiger partial charge is 0.207 e. The zero-order valence-corrected chi connectivity index (χ0v) is 11.0. The second-order valence-electron chi connectivity index (χ2n) is 5.32. The molecule has 2 unspecified atom stereocenters. The van der Waals surface area contributed by atoms with E-state index in [-0.39, 0.29) is 0 Å². The van der Waals surface area contributed by atoms with Gasteiger partial charge in [0.25, 0.3) is 0 Å². The Labute approximate surface area is 102 Å². The fraction of sp³-hybridized carbons (Fsp3) is 0.538. The number of fused-ring (bicyclic) bond motifs is 1. The Kier molecular flexibility index (Phi) is 2.35. The van der Waals surface area contributed by atoms with Gasteiger partial charge in [0.15, 0.2) is 0 Å². The minimum Gasteiger partial charge on any atom is -0.207 e. The molecule has 1 aliphatic carbocycles. The van der Waals surface area contributed by atoms with E-state index in [4.69, 9.17) is 0 Å². The number of aryl methyl sites for hydroxylation is 2. The lowest BCUT2D eigenvalue weighted by atomic mass is 10.1. The molecule has 2 aliphatic rings. The summed E-state index contributed by atoms with van der Waals surface area (Å²) in [6, 6.07) is 5.40. The van der Waals surface area contributed by atoms with Crippen LogP contribution in [0.4, 0.5) is 0 Å². The van der Waals surface area contributed by atoms with E-state index in [0.717, 1.165) is 24.2 Å². The molecule has 1 aliphatic heterocycles. The van der Waals surface area contributed by atoms with Crippen LogP contribution in [0.15, 0.2) is 23.1 Å². The molecular formula is C13H17NO2S. The second-order valence-corrected chi connectivity index (χ2v) is 7.26. The maximum absolute atomic E-state index is 12.4. The van der Waals surface area contributed by atoms with Crippen LogP contribution in [0.25, 0.3) is 0 Å². The van der Waals surface area contributed by atoms with Gasteiger partial charge in [-0.3, -0.25) is 0 Å². The second kappa shape index (κ2) is 3.56. The highest BCUT2D eigenvalue weighted by atomic mass is 32.2. The van der Waals surface area contributed by atoms with Crippen molar-refractivity contribution in [3.63, 3.8) is 0 Å². The molecule has 3 nitrogen and oxygen atoms in total. The van der Waals surface area contributed by atoms with Crippen molar-refractivity contribution in [3.05, 3.63) is 29.3 Å². The fourth-order valence-electron chi connectivity index (χ4n) is 2.57. The van der Waals surface area contributed by atoms with Gasteiger partial charge in [0, 0.05) is 13.1 Å². The first-order chi connectivity index (χ1) is 7.98. The molecule has 0 amide bonds. The molecule has 4 heteroatoms. The molecule has 0 aromatic heterocycles. The zero-order chi connectivity index (χ0) is 12.2. The van der Waals surface area contributed by atoms with Crippen LogP contribution in [0, 0.1) is 25.7 Å². The number of piperidine rings is 1. The van der Waals surface area contributed by atoms with E-state index in [1.54, 1.807) is 16.4 Å². The van der Waals surface area contributed by atoms with Crippen molar-refractivity contribution in [2.24, 2.45) is 11.8 Å². The van der Waals surface area contributed by atoms with Gasteiger partial charge in [-0.1, -0.05) is 6.07 Å². The van der Waals surface area contributed by atoms with E-state index >= 15 is 0 Å². The van der Waals surface area contributed by atoms with Crippen LogP contribution in [0.1, 0.15) is 17.5 Å². The number of hydrogen-bond acceptors (Lipinski definition) is 2. The first kappa shape index (κ1) is 11.2. The van der Waals surface area contributed by atoms with Crippen molar-refractivity contribution in [3.8, 4) is 0 Å². The molecule has 2 fully saturated rings. The Bertz CT molecular complexity index is 555. The van der Waals surface area contributed by atoms with Gasteiger partial charge in [0.1, 0.15) is 0 Å². The topological polar surface area (TPSA) is 37.4 Å². The third-order valence-electron chi connectivity index (χ3n) is 4.06. The summed E-state index contributed by atoms with van der Waals surface area (Å²) in [7, 11) is -3.25. The largest absolute Gasteiger partial charge is 0.243 e. The summed E-state index contributed by atoms with van der Waals surface area (Å²) in [5, 5.41) is 0. The Morgan fingerprint density at radius 1 is 1.12 bits per heavy atom. The van der Waals surface area contributed by atoms with Gasteiger partial charge >= 0.3 is 0 Å². The summed E-state index contributed by atoms with van der Waals surface area (Å²) in [5.74, 6) is 1.27. The third-order valence-corrected chi connectivity index (χ3v) is 5.89. The minimum atomic E-state index is -3.25. The number of hydrogen-bond donors (Lipinski definition) is 0. The molecule has 0 N–H and O–H groups in total. The van der Waals surface area contributed by atoms with Crippen LogP contribution in [-0.4, -0.2) is 25.8 Å². The predicted molar refractivity (Wildman–Crippen MR) is 66.3 cm³/mol. The van der Waals surface area contributed by atoms with E-state index in [1.165, 1.54) is 6.42 Å². The van der Waals surface area contributed by atoms with Gasteiger partial charge in [-0.2, -0.15) is 4.31 Å². The van der Waals surface area contributed by atoms with Gasteiger partial charge in [-0.25, -0.2) is 8.42 Å². The van der Waals surface area contributed by atoms with Crippen molar-refractivity contribution in [2.45, 2.75) is 25.2 Å². The van der Waals surface area contributed by atoms with Crippen LogP contribution in [0.5, 0.6) is 0 Å². The average molecular weight is 251 g/mol. The van der Waals surface area contributed by atoms with Crippen molar-refractivity contribution >= 4 is 10.0 Å². The zero-order valence-electron chi connectivity index (χ0n) is 10.2. The highest BCUT2D eigenvalue weighted by Gasteiger charge is 2.48. The number of sulfonamides is 1. The van der Waals surface area contributed by atoms with Gasteiger partial charge in [-0.15, -0.1) is 0 Å². The molecule has 0 radical (unpaired) electrons. The summed E-state index contributed by atoms with van der Waals surface area (Å²) < 4.78 is 26.4. The normalized spacial score (nSPS) is 28.1. The van der Waals surface area contributed by atoms with Crippen molar-refractivity contribution in [1.29, 1.82) is 0 Å². The maximum atomic E-state index is 12.4. The molecule has 1 saturated carbocycles. The lowest BCUT2D eigenvalue weighted by molar-refractivity contribution is 0.442. The molecule has 1 heterocycles. The van der Waals surface area contributed by atoms with E-state index in [0.29, 0.717) is 16.7 Å². The predicted octanol–water partition coefficient (Wildman–Crippen LogP) is 1.94. The SMILES string of the molecule is Cc1ccc(S(=O)(=O)N2CC3CC3C2)cc1C. The monoisotopic (exact) mass is 251 g/mol. The van der Waals surface area contributed by atoms with Crippen LogP contribution in [0.3, 0.4) is 0 Å². The summed E-state index contributed by atoms with van der Waals surface area (Å²) >= 11 is 0. The Morgan fingerprint density at radius 3 is 2.35 bits per heavy atom. The standard InChI is InChI=1S/C13H17NO2S/c1-9-3-4-13(5-10(9)2)17(15,16)14-7-11-6-12(11)8-14/h3-5,11-12H,6-8H2,1-2H3. The lowest BCUT2D eigenvalue weighted by Crippen LogP contribution is -2.30. The Hall–Kier alpha value is -0.870. The van der Waals surface area contributed by atoms with E-state index in [2.05, 4.69) is 0 Å². The van der Waals surface area contributed by atoms with Crippen molar-refractivity contribution < 1.29 is 8.42 Å². The van der Waals surface area contributed by atoms with Gasteiger partial charge in [0.2, 0.25) is 10.0 Å². The van der Waals surface area contributed by atoms with E-state index in [1.807, 2.05) is 19.9 Å². The van der Waals surface area contributed by atoms with Crippen LogP contribution < -0.4 is 0 Å². The summed E-state index contributed by atoms with van der Waals surface area (Å²) in [6.45, 7) is 5.40. The van der Waals surface area contributed by atoms with Crippen LogP contribution in [0.2, 0.25) is 0 Å². The summed E-state index contributed by atoms with van der Waals surface area (Å²) in [6.07, 6.45) is 1.22. The first-order valence-electron chi connectivity index (χ1n) is 6.06. The third kappa shape index (κ3) is 1.79. The highest BCUT2D eigenvalue weighted by Crippen LogP contribution is 2.46. The molecule has 2 atom stereocenters. The highest BCUT2D eigenvalue weighted by molar-refractivity contribution is 7.89. The number of nitrogens with zero attached hydrogens (tertiary/aromatic N) is 1. The van der Waals surface area contributed by atoms with Gasteiger partial charge < -0.3 is 0 Å². The maximum Gasteiger partial charge on any atom is 0.243 e. The van der Waals surface area contributed by atoms with Gasteiger partial charge in [-0.05, 0) is 55.4 Å². The minimum absolute atomic E-state index is 0.446.